The maximum Gasteiger partial charge on any atom is 0.133 e. The van der Waals surface area contributed by atoms with Gasteiger partial charge in [-0.1, -0.05) is 25.7 Å². The van der Waals surface area contributed by atoms with Crippen LogP contribution in [0.15, 0.2) is 18.3 Å². The summed E-state index contributed by atoms with van der Waals surface area (Å²) in [5, 5.41) is 12.7. The molecule has 1 aromatic heterocycles. The van der Waals surface area contributed by atoms with E-state index in [1.54, 1.807) is 6.07 Å². The first-order chi connectivity index (χ1) is 7.84. The highest BCUT2D eigenvalue weighted by Crippen LogP contribution is 2.17. The van der Waals surface area contributed by atoms with Crippen LogP contribution in [0.3, 0.4) is 0 Å². The quantitative estimate of drug-likeness (QED) is 0.770. The van der Waals surface area contributed by atoms with Crippen LogP contribution in [0, 0.1) is 0 Å². The van der Waals surface area contributed by atoms with Gasteiger partial charge in [0.15, 0.2) is 0 Å². The van der Waals surface area contributed by atoms with Crippen molar-refractivity contribution in [2.75, 3.05) is 0 Å². The zero-order chi connectivity index (χ0) is 11.2. The number of pyridine rings is 1. The summed E-state index contributed by atoms with van der Waals surface area (Å²) in [7, 11) is 0. The van der Waals surface area contributed by atoms with Crippen molar-refractivity contribution < 1.29 is 5.11 Å². The monoisotopic (exact) mass is 220 g/mol. The number of hydrogen-bond acceptors (Lipinski definition) is 3. The standard InChI is InChI=1S/C13H20N2O/c16-13-8-7-12(15-10-13)9-14-11-5-3-1-2-4-6-11/h7-8,10-11,14,16H,1-6,9H2. The lowest BCUT2D eigenvalue weighted by Crippen LogP contribution is -2.28. The van der Waals surface area contributed by atoms with Gasteiger partial charge in [-0.2, -0.15) is 0 Å². The molecule has 0 bridgehead atoms. The van der Waals surface area contributed by atoms with Crippen molar-refractivity contribution in [3.8, 4) is 5.75 Å². The second-order valence-corrected chi connectivity index (χ2v) is 4.58. The Bertz CT molecular complexity index is 302. The van der Waals surface area contributed by atoms with Crippen LogP contribution in [0.1, 0.15) is 44.2 Å². The summed E-state index contributed by atoms with van der Waals surface area (Å²) in [6.45, 7) is 0.810. The van der Waals surface area contributed by atoms with Crippen LogP contribution in [0.25, 0.3) is 0 Å². The summed E-state index contributed by atoms with van der Waals surface area (Å²) in [4.78, 5) is 4.17. The van der Waals surface area contributed by atoms with E-state index in [2.05, 4.69) is 10.3 Å². The molecule has 1 saturated carbocycles. The van der Waals surface area contributed by atoms with E-state index in [9.17, 15) is 0 Å². The summed E-state index contributed by atoms with van der Waals surface area (Å²) in [5.41, 5.74) is 1.00. The normalized spacial score (nSPS) is 18.2. The average Bonchev–Trinajstić information content (AvgIpc) is 2.57. The number of aromatic nitrogens is 1. The second-order valence-electron chi connectivity index (χ2n) is 4.58. The van der Waals surface area contributed by atoms with E-state index in [-0.39, 0.29) is 5.75 Å². The summed E-state index contributed by atoms with van der Waals surface area (Å²) < 4.78 is 0. The van der Waals surface area contributed by atoms with Gasteiger partial charge in [-0.3, -0.25) is 4.98 Å². The van der Waals surface area contributed by atoms with E-state index < -0.39 is 0 Å². The highest BCUT2D eigenvalue weighted by Gasteiger charge is 2.11. The van der Waals surface area contributed by atoms with Crippen LogP contribution in [0.2, 0.25) is 0 Å². The molecular weight excluding hydrogens is 200 g/mol. The van der Waals surface area contributed by atoms with Crippen LogP contribution in [0.4, 0.5) is 0 Å². The van der Waals surface area contributed by atoms with Gasteiger partial charge in [0.25, 0.3) is 0 Å². The Morgan fingerprint density at radius 1 is 1.19 bits per heavy atom. The first-order valence-electron chi connectivity index (χ1n) is 6.22. The van der Waals surface area contributed by atoms with E-state index in [0.29, 0.717) is 6.04 Å². The Balaban J connectivity index is 1.79. The molecule has 16 heavy (non-hydrogen) atoms. The smallest absolute Gasteiger partial charge is 0.133 e. The highest BCUT2D eigenvalue weighted by atomic mass is 16.3. The molecule has 0 spiro atoms. The van der Waals surface area contributed by atoms with E-state index in [0.717, 1.165) is 12.2 Å². The molecule has 1 heterocycles. The Morgan fingerprint density at radius 3 is 2.56 bits per heavy atom. The SMILES string of the molecule is Oc1ccc(CNC2CCCCCC2)nc1. The maximum absolute atomic E-state index is 9.13. The van der Waals surface area contributed by atoms with E-state index >= 15 is 0 Å². The fourth-order valence-corrected chi connectivity index (χ4v) is 2.25. The molecule has 1 fully saturated rings. The minimum Gasteiger partial charge on any atom is -0.506 e. The predicted molar refractivity (Wildman–Crippen MR) is 64.2 cm³/mol. The number of aromatic hydroxyl groups is 1. The molecule has 0 saturated heterocycles. The third kappa shape index (κ3) is 3.49. The summed E-state index contributed by atoms with van der Waals surface area (Å²) in [6, 6.07) is 4.22. The van der Waals surface area contributed by atoms with Gasteiger partial charge in [-0.05, 0) is 25.0 Å². The number of nitrogens with zero attached hydrogens (tertiary/aromatic N) is 1. The van der Waals surface area contributed by atoms with Crippen molar-refractivity contribution in [3.63, 3.8) is 0 Å². The van der Waals surface area contributed by atoms with Gasteiger partial charge >= 0.3 is 0 Å². The summed E-state index contributed by atoms with van der Waals surface area (Å²) in [5.74, 6) is 0.234. The van der Waals surface area contributed by atoms with Gasteiger partial charge in [0, 0.05) is 12.6 Å². The number of nitrogens with one attached hydrogen (secondary N) is 1. The van der Waals surface area contributed by atoms with Gasteiger partial charge in [0.1, 0.15) is 5.75 Å². The Kier molecular flexibility index (Phi) is 4.17. The van der Waals surface area contributed by atoms with Gasteiger partial charge in [-0.15, -0.1) is 0 Å². The molecule has 2 N–H and O–H groups in total. The van der Waals surface area contributed by atoms with Crippen molar-refractivity contribution in [2.45, 2.75) is 51.1 Å². The highest BCUT2D eigenvalue weighted by molar-refractivity contribution is 5.17. The predicted octanol–water partition coefficient (Wildman–Crippen LogP) is 2.60. The van der Waals surface area contributed by atoms with Crippen LogP contribution in [-0.2, 0) is 6.54 Å². The Labute approximate surface area is 96.9 Å². The molecule has 2 rings (SSSR count). The molecule has 1 aliphatic carbocycles. The molecule has 3 nitrogen and oxygen atoms in total. The van der Waals surface area contributed by atoms with Crippen molar-refractivity contribution in [1.29, 1.82) is 0 Å². The van der Waals surface area contributed by atoms with E-state index in [1.165, 1.54) is 44.7 Å². The Hall–Kier alpha value is -1.09. The molecule has 0 aromatic carbocycles. The second kappa shape index (κ2) is 5.85. The molecule has 3 heteroatoms. The lowest BCUT2D eigenvalue weighted by molar-refractivity contribution is 0.453. The van der Waals surface area contributed by atoms with Gasteiger partial charge in [0.2, 0.25) is 0 Å². The van der Waals surface area contributed by atoms with Gasteiger partial charge < -0.3 is 10.4 Å². The largest absolute Gasteiger partial charge is 0.506 e. The van der Waals surface area contributed by atoms with Crippen LogP contribution >= 0.6 is 0 Å². The maximum atomic E-state index is 9.13. The van der Waals surface area contributed by atoms with E-state index in [1.807, 2.05) is 6.07 Å². The lowest BCUT2D eigenvalue weighted by Gasteiger charge is -2.15. The number of hydrogen-bond donors (Lipinski definition) is 2. The summed E-state index contributed by atoms with van der Waals surface area (Å²) >= 11 is 0. The molecule has 0 radical (unpaired) electrons. The molecule has 88 valence electrons. The first-order valence-corrected chi connectivity index (χ1v) is 6.22. The lowest BCUT2D eigenvalue weighted by atomic mass is 10.1. The Morgan fingerprint density at radius 2 is 1.94 bits per heavy atom. The van der Waals surface area contributed by atoms with Crippen molar-refractivity contribution in [2.24, 2.45) is 0 Å². The third-order valence-electron chi connectivity index (χ3n) is 3.24. The minimum atomic E-state index is 0.234. The van der Waals surface area contributed by atoms with Crippen LogP contribution < -0.4 is 5.32 Å². The fraction of sp³-hybridized carbons (Fsp3) is 0.615. The molecular formula is C13H20N2O. The average molecular weight is 220 g/mol. The van der Waals surface area contributed by atoms with Crippen LogP contribution in [-0.4, -0.2) is 16.1 Å². The van der Waals surface area contributed by atoms with E-state index in [4.69, 9.17) is 5.11 Å². The summed E-state index contributed by atoms with van der Waals surface area (Å²) in [6.07, 6.45) is 9.55. The molecule has 0 atom stereocenters. The molecule has 1 aliphatic rings. The van der Waals surface area contributed by atoms with Gasteiger partial charge in [0.05, 0.1) is 11.9 Å². The number of rotatable bonds is 3. The van der Waals surface area contributed by atoms with Crippen molar-refractivity contribution in [1.82, 2.24) is 10.3 Å². The fourth-order valence-electron chi connectivity index (χ4n) is 2.25. The van der Waals surface area contributed by atoms with Crippen molar-refractivity contribution >= 4 is 0 Å². The topological polar surface area (TPSA) is 45.1 Å². The van der Waals surface area contributed by atoms with Gasteiger partial charge in [-0.25, -0.2) is 0 Å². The molecule has 0 amide bonds. The minimum absolute atomic E-state index is 0.234. The first kappa shape index (κ1) is 11.4. The van der Waals surface area contributed by atoms with Crippen molar-refractivity contribution in [3.05, 3.63) is 24.0 Å². The molecule has 0 aliphatic heterocycles. The third-order valence-corrected chi connectivity index (χ3v) is 3.24. The zero-order valence-electron chi connectivity index (χ0n) is 9.65. The molecule has 0 unspecified atom stereocenters. The zero-order valence-corrected chi connectivity index (χ0v) is 9.65. The van der Waals surface area contributed by atoms with Crippen LogP contribution in [0.5, 0.6) is 5.75 Å². The molecule has 1 aromatic rings.